The highest BCUT2D eigenvalue weighted by Crippen LogP contribution is 2.40. The van der Waals surface area contributed by atoms with E-state index >= 15 is 0 Å². The topological polar surface area (TPSA) is 103 Å². The monoisotopic (exact) mass is 411 g/mol. The zero-order valence-electron chi connectivity index (χ0n) is 15.1. The van der Waals surface area contributed by atoms with E-state index in [0.717, 1.165) is 11.8 Å². The predicted molar refractivity (Wildman–Crippen MR) is 98.2 cm³/mol. The van der Waals surface area contributed by atoms with Crippen molar-refractivity contribution in [3.05, 3.63) is 40.2 Å². The normalized spacial score (nSPS) is 12.9. The van der Waals surface area contributed by atoms with Gasteiger partial charge in [-0.15, -0.1) is 11.3 Å². The van der Waals surface area contributed by atoms with Crippen LogP contribution in [0.3, 0.4) is 0 Å². The number of amides is 2. The van der Waals surface area contributed by atoms with Crippen molar-refractivity contribution in [2.45, 2.75) is 33.0 Å². The van der Waals surface area contributed by atoms with Crippen molar-refractivity contribution < 1.29 is 22.8 Å². The van der Waals surface area contributed by atoms with Crippen molar-refractivity contribution in [1.82, 2.24) is 14.8 Å². The Morgan fingerprint density at radius 2 is 2.00 bits per heavy atom. The molecule has 1 atom stereocenters. The smallest absolute Gasteiger partial charge is 0.365 e. The van der Waals surface area contributed by atoms with Gasteiger partial charge in [0.1, 0.15) is 21.4 Å². The Balaban J connectivity index is 2.09. The molecule has 0 aliphatic rings. The quantitative estimate of drug-likeness (QED) is 0.687. The van der Waals surface area contributed by atoms with E-state index in [9.17, 15) is 22.8 Å². The highest BCUT2D eigenvalue weighted by atomic mass is 32.1. The van der Waals surface area contributed by atoms with Crippen LogP contribution < -0.4 is 11.1 Å². The number of alkyl halides is 3. The molecule has 28 heavy (non-hydrogen) atoms. The number of fused-ring (bicyclic) bond motifs is 1. The molecule has 0 aliphatic heterocycles. The molecule has 3 rings (SSSR count). The SMILES string of the molecule is Cc1cc(C(F)(F)F)nc2sc(C(N)=O)c(NC(=O)C(C)n3nccc3C)c12. The van der Waals surface area contributed by atoms with Crippen molar-refractivity contribution in [2.24, 2.45) is 5.73 Å². The number of thiophene rings is 1. The minimum absolute atomic E-state index is 0.0284. The molecule has 148 valence electrons. The van der Waals surface area contributed by atoms with Crippen molar-refractivity contribution in [2.75, 3.05) is 5.32 Å². The number of rotatable bonds is 4. The van der Waals surface area contributed by atoms with Crippen LogP contribution >= 0.6 is 11.3 Å². The Morgan fingerprint density at radius 1 is 1.32 bits per heavy atom. The van der Waals surface area contributed by atoms with E-state index in [2.05, 4.69) is 15.4 Å². The molecule has 1 unspecified atom stereocenters. The van der Waals surface area contributed by atoms with E-state index in [1.54, 1.807) is 26.1 Å². The molecule has 3 N–H and O–H groups in total. The fourth-order valence-corrected chi connectivity index (χ4v) is 3.90. The molecule has 3 aromatic heterocycles. The summed E-state index contributed by atoms with van der Waals surface area (Å²) in [6.45, 7) is 4.84. The molecule has 7 nitrogen and oxygen atoms in total. The van der Waals surface area contributed by atoms with Gasteiger partial charge < -0.3 is 11.1 Å². The average Bonchev–Trinajstić information content (AvgIpc) is 3.17. The number of nitrogens with two attached hydrogens (primary N) is 1. The van der Waals surface area contributed by atoms with Gasteiger partial charge in [0.15, 0.2) is 0 Å². The van der Waals surface area contributed by atoms with E-state index in [-0.39, 0.29) is 26.3 Å². The summed E-state index contributed by atoms with van der Waals surface area (Å²) in [5, 5.41) is 6.94. The number of nitrogens with zero attached hydrogens (tertiary/aromatic N) is 3. The van der Waals surface area contributed by atoms with E-state index in [0.29, 0.717) is 11.3 Å². The first-order valence-corrected chi connectivity index (χ1v) is 8.94. The second-order valence-electron chi connectivity index (χ2n) is 6.26. The van der Waals surface area contributed by atoms with E-state index < -0.39 is 29.7 Å². The lowest BCUT2D eigenvalue weighted by molar-refractivity contribution is -0.141. The third-order valence-electron chi connectivity index (χ3n) is 4.24. The van der Waals surface area contributed by atoms with Crippen molar-refractivity contribution >= 4 is 39.1 Å². The molecule has 3 aromatic rings. The fraction of sp³-hybridized carbons (Fsp3) is 0.294. The van der Waals surface area contributed by atoms with Crippen LogP contribution in [0.15, 0.2) is 18.3 Å². The summed E-state index contributed by atoms with van der Waals surface area (Å²) in [6, 6.07) is 1.88. The lowest BCUT2D eigenvalue weighted by Gasteiger charge is -2.15. The summed E-state index contributed by atoms with van der Waals surface area (Å²) < 4.78 is 40.6. The molecule has 0 radical (unpaired) electrons. The minimum Gasteiger partial charge on any atom is -0.365 e. The number of carbonyl (C=O) groups is 2. The Bertz CT molecular complexity index is 1090. The molecular weight excluding hydrogens is 395 g/mol. The molecule has 11 heteroatoms. The molecule has 0 saturated carbocycles. The molecule has 3 heterocycles. The first-order valence-electron chi connectivity index (χ1n) is 8.12. The van der Waals surface area contributed by atoms with Gasteiger partial charge in [0.25, 0.3) is 5.91 Å². The maximum Gasteiger partial charge on any atom is 0.433 e. The Labute approximate surface area is 161 Å². The molecule has 2 amide bonds. The number of halogens is 3. The highest BCUT2D eigenvalue weighted by molar-refractivity contribution is 7.21. The average molecular weight is 411 g/mol. The Hall–Kier alpha value is -2.95. The fourth-order valence-electron chi connectivity index (χ4n) is 2.85. The summed E-state index contributed by atoms with van der Waals surface area (Å²) in [4.78, 5) is 28.0. The van der Waals surface area contributed by atoms with Gasteiger partial charge in [-0.05, 0) is 38.5 Å². The Morgan fingerprint density at radius 3 is 2.54 bits per heavy atom. The molecule has 0 spiro atoms. The summed E-state index contributed by atoms with van der Waals surface area (Å²) in [6.07, 6.45) is -3.09. The van der Waals surface area contributed by atoms with Crippen LogP contribution in [0, 0.1) is 13.8 Å². The molecule has 0 aromatic carbocycles. The van der Waals surface area contributed by atoms with Crippen LogP contribution in [0.2, 0.25) is 0 Å². The second-order valence-corrected chi connectivity index (χ2v) is 7.25. The summed E-state index contributed by atoms with van der Waals surface area (Å²) >= 11 is 0.708. The first-order chi connectivity index (χ1) is 13.0. The zero-order valence-corrected chi connectivity index (χ0v) is 15.9. The third-order valence-corrected chi connectivity index (χ3v) is 5.33. The van der Waals surface area contributed by atoms with Gasteiger partial charge in [-0.25, -0.2) is 4.98 Å². The number of aryl methyl sites for hydroxylation is 2. The highest BCUT2D eigenvalue weighted by Gasteiger charge is 2.34. The number of anilines is 1. The third kappa shape index (κ3) is 3.44. The number of hydrogen-bond donors (Lipinski definition) is 2. The molecular formula is C17H16F3N5O2S. The molecule has 0 fully saturated rings. The molecule has 0 bridgehead atoms. The number of carbonyl (C=O) groups excluding carboxylic acids is 2. The van der Waals surface area contributed by atoms with Crippen molar-refractivity contribution in [3.63, 3.8) is 0 Å². The van der Waals surface area contributed by atoms with Crippen molar-refractivity contribution in [3.8, 4) is 0 Å². The first kappa shape index (κ1) is 19.8. The standard InChI is InChI=1S/C17H16F3N5O2S/c1-7-6-10(17(18,19)20)23-16-11(7)12(13(28-16)14(21)26)24-15(27)9(3)25-8(2)4-5-22-25/h4-6,9H,1-3H3,(H2,21,26)(H,24,27). The minimum atomic E-state index is -4.63. The van der Waals surface area contributed by atoms with Crippen LogP contribution in [0.5, 0.6) is 0 Å². The number of aromatic nitrogens is 3. The van der Waals surface area contributed by atoms with Gasteiger partial charge in [-0.1, -0.05) is 0 Å². The van der Waals surface area contributed by atoms with Gasteiger partial charge in [-0.2, -0.15) is 18.3 Å². The van der Waals surface area contributed by atoms with E-state index in [4.69, 9.17) is 5.73 Å². The van der Waals surface area contributed by atoms with Gasteiger partial charge >= 0.3 is 6.18 Å². The van der Waals surface area contributed by atoms with Crippen LogP contribution in [0.25, 0.3) is 10.2 Å². The number of pyridine rings is 1. The molecule has 0 saturated heterocycles. The summed E-state index contributed by atoms with van der Waals surface area (Å²) in [5.74, 6) is -1.36. The van der Waals surface area contributed by atoms with Gasteiger partial charge in [-0.3, -0.25) is 14.3 Å². The summed E-state index contributed by atoms with van der Waals surface area (Å²) in [7, 11) is 0. The van der Waals surface area contributed by atoms with E-state index in [1.165, 1.54) is 11.6 Å². The van der Waals surface area contributed by atoms with Crippen LogP contribution in [-0.4, -0.2) is 26.6 Å². The molecule has 0 aliphatic carbocycles. The predicted octanol–water partition coefficient (Wildman–Crippen LogP) is 3.43. The zero-order chi connectivity index (χ0) is 20.8. The number of primary amides is 1. The maximum absolute atomic E-state index is 13.0. The Kier molecular flexibility index (Phi) is 4.88. The van der Waals surface area contributed by atoms with Gasteiger partial charge in [0.05, 0.1) is 5.69 Å². The van der Waals surface area contributed by atoms with Gasteiger partial charge in [0, 0.05) is 17.3 Å². The van der Waals surface area contributed by atoms with Crippen molar-refractivity contribution in [1.29, 1.82) is 0 Å². The second kappa shape index (κ2) is 6.89. The van der Waals surface area contributed by atoms with Crippen LogP contribution in [0.4, 0.5) is 18.9 Å². The van der Waals surface area contributed by atoms with Gasteiger partial charge in [0.2, 0.25) is 5.91 Å². The largest absolute Gasteiger partial charge is 0.433 e. The van der Waals surface area contributed by atoms with E-state index in [1.807, 2.05) is 0 Å². The maximum atomic E-state index is 13.0. The number of nitrogens with one attached hydrogen (secondary N) is 1. The van der Waals surface area contributed by atoms with Crippen LogP contribution in [-0.2, 0) is 11.0 Å². The van der Waals surface area contributed by atoms with Crippen LogP contribution in [0.1, 0.15) is 39.6 Å². The lowest BCUT2D eigenvalue weighted by atomic mass is 10.1. The lowest BCUT2D eigenvalue weighted by Crippen LogP contribution is -2.26. The number of hydrogen-bond acceptors (Lipinski definition) is 5. The summed E-state index contributed by atoms with van der Waals surface area (Å²) in [5.41, 5.74) is 5.33.